The number of rotatable bonds is 5. The molecule has 1 N–H and O–H groups in total. The molecule has 17 heavy (non-hydrogen) atoms. The molecule has 0 aromatic heterocycles. The number of isocyanates is 1. The molecule has 0 saturated heterocycles. The molecular formula is C8H14N2O5S2. The predicted octanol–water partition coefficient (Wildman–Crippen LogP) is -0.138. The lowest BCUT2D eigenvalue weighted by Crippen LogP contribution is -2.35. The van der Waals surface area contributed by atoms with Gasteiger partial charge in [0.2, 0.25) is 0 Å². The van der Waals surface area contributed by atoms with E-state index in [1.165, 1.54) is 0 Å². The van der Waals surface area contributed by atoms with Crippen LogP contribution in [0.25, 0.3) is 0 Å². The maximum absolute atomic E-state index is 11.8. The summed E-state index contributed by atoms with van der Waals surface area (Å²) in [6, 6.07) is 0. The van der Waals surface area contributed by atoms with Gasteiger partial charge < -0.3 is 0 Å². The van der Waals surface area contributed by atoms with Crippen molar-refractivity contribution >= 4 is 26.1 Å². The van der Waals surface area contributed by atoms with Crippen molar-refractivity contribution in [2.24, 2.45) is 4.40 Å². The van der Waals surface area contributed by atoms with Crippen LogP contribution in [0.5, 0.6) is 0 Å². The van der Waals surface area contributed by atoms with E-state index in [4.69, 9.17) is 0 Å². The molecule has 0 amide bonds. The molecule has 0 radical (unpaired) electrons. The Bertz CT molecular complexity index is 498. The van der Waals surface area contributed by atoms with Gasteiger partial charge >= 0.3 is 10.2 Å². The quantitative estimate of drug-likeness (QED) is 0.557. The molecule has 1 aliphatic rings. The Hall–Kier alpha value is -0.760. The van der Waals surface area contributed by atoms with Crippen LogP contribution in [-0.4, -0.2) is 34.0 Å². The molecule has 1 fully saturated rings. The van der Waals surface area contributed by atoms with Gasteiger partial charge in [-0.25, -0.2) is 13.2 Å². The van der Waals surface area contributed by atoms with Gasteiger partial charge in [0.15, 0.2) is 9.84 Å². The summed E-state index contributed by atoms with van der Waals surface area (Å²) in [5, 5.41) is -0.501. The third-order valence-electron chi connectivity index (χ3n) is 2.66. The predicted molar refractivity (Wildman–Crippen MR) is 60.8 cm³/mol. The van der Waals surface area contributed by atoms with Crippen molar-refractivity contribution in [3.63, 3.8) is 0 Å². The Morgan fingerprint density at radius 2 is 1.71 bits per heavy atom. The molecule has 0 aliphatic heterocycles. The molecule has 0 aromatic carbocycles. The molecule has 98 valence electrons. The zero-order valence-corrected chi connectivity index (χ0v) is 10.8. The van der Waals surface area contributed by atoms with Crippen LogP contribution < -0.4 is 4.72 Å². The molecule has 0 aromatic rings. The Morgan fingerprint density at radius 3 is 2.24 bits per heavy atom. The van der Waals surface area contributed by atoms with Gasteiger partial charge in [-0.3, -0.25) is 0 Å². The van der Waals surface area contributed by atoms with Crippen LogP contribution in [0.4, 0.5) is 0 Å². The average molecular weight is 282 g/mol. The van der Waals surface area contributed by atoms with E-state index < -0.39 is 31.2 Å². The molecular weight excluding hydrogens is 268 g/mol. The topological polar surface area (TPSA) is 110 Å². The van der Waals surface area contributed by atoms with E-state index in [2.05, 4.69) is 4.40 Å². The fourth-order valence-corrected chi connectivity index (χ4v) is 4.48. The highest BCUT2D eigenvalue weighted by atomic mass is 32.2. The Balaban J connectivity index is 2.64. The van der Waals surface area contributed by atoms with E-state index in [1.54, 1.807) is 4.72 Å². The average Bonchev–Trinajstić information content (AvgIpc) is 2.28. The Kier molecular flexibility index (Phi) is 4.81. The summed E-state index contributed by atoms with van der Waals surface area (Å²) >= 11 is 0. The molecule has 0 heterocycles. The lowest BCUT2D eigenvalue weighted by molar-refractivity contribution is 0.482. The first-order valence-corrected chi connectivity index (χ1v) is 8.33. The maximum Gasteiger partial charge on any atom is 0.331 e. The number of nitrogens with one attached hydrogen (secondary N) is 1. The van der Waals surface area contributed by atoms with Crippen molar-refractivity contribution in [3.05, 3.63) is 0 Å². The summed E-state index contributed by atoms with van der Waals surface area (Å²) in [6.07, 6.45) is 4.65. The van der Waals surface area contributed by atoms with Gasteiger partial charge in [0.05, 0.1) is 5.25 Å². The van der Waals surface area contributed by atoms with E-state index in [1.807, 2.05) is 0 Å². The van der Waals surface area contributed by atoms with Crippen LogP contribution in [0.1, 0.15) is 32.1 Å². The highest BCUT2D eigenvalue weighted by Gasteiger charge is 2.28. The van der Waals surface area contributed by atoms with E-state index in [0.717, 1.165) is 25.3 Å². The largest absolute Gasteiger partial charge is 0.331 e. The second-order valence-corrected chi connectivity index (χ2v) is 7.57. The van der Waals surface area contributed by atoms with Crippen LogP contribution in [0.2, 0.25) is 0 Å². The zero-order chi connectivity index (χ0) is 12.9. The number of nitrogens with zero attached hydrogens (tertiary/aromatic N) is 1. The first-order valence-electron chi connectivity index (χ1n) is 5.18. The minimum absolute atomic E-state index is 0.501. The third kappa shape index (κ3) is 4.55. The second-order valence-electron chi connectivity index (χ2n) is 3.87. The molecule has 0 bridgehead atoms. The summed E-state index contributed by atoms with van der Waals surface area (Å²) in [7, 11) is -7.75. The smallest absolute Gasteiger partial charge is 0.227 e. The van der Waals surface area contributed by atoms with E-state index in [9.17, 15) is 21.6 Å². The highest BCUT2D eigenvalue weighted by molar-refractivity contribution is 7.93. The summed E-state index contributed by atoms with van der Waals surface area (Å²) in [6.45, 7) is 0. The van der Waals surface area contributed by atoms with E-state index >= 15 is 0 Å². The van der Waals surface area contributed by atoms with Gasteiger partial charge in [-0.05, 0) is 12.8 Å². The van der Waals surface area contributed by atoms with Gasteiger partial charge in [0.1, 0.15) is 5.88 Å². The maximum atomic E-state index is 11.8. The molecule has 0 unspecified atom stereocenters. The molecule has 1 aliphatic carbocycles. The van der Waals surface area contributed by atoms with Crippen molar-refractivity contribution in [2.45, 2.75) is 37.4 Å². The Morgan fingerprint density at radius 1 is 1.12 bits per heavy atom. The van der Waals surface area contributed by atoms with Crippen LogP contribution in [-0.2, 0) is 24.8 Å². The van der Waals surface area contributed by atoms with Crippen LogP contribution in [0, 0.1) is 0 Å². The fraction of sp³-hybridized carbons (Fsp3) is 0.875. The summed E-state index contributed by atoms with van der Waals surface area (Å²) < 4.78 is 49.7. The summed E-state index contributed by atoms with van der Waals surface area (Å²) in [5.74, 6) is -0.717. The van der Waals surface area contributed by atoms with Gasteiger partial charge in [0, 0.05) is 0 Å². The molecule has 9 heteroatoms. The molecule has 1 saturated carbocycles. The first kappa shape index (κ1) is 14.3. The van der Waals surface area contributed by atoms with Crippen molar-refractivity contribution in [2.75, 3.05) is 5.88 Å². The third-order valence-corrected chi connectivity index (χ3v) is 5.70. The first-order chi connectivity index (χ1) is 7.87. The van der Waals surface area contributed by atoms with Crippen molar-refractivity contribution in [1.82, 2.24) is 4.72 Å². The minimum atomic E-state index is -4.23. The van der Waals surface area contributed by atoms with Crippen LogP contribution >= 0.6 is 0 Å². The highest BCUT2D eigenvalue weighted by Crippen LogP contribution is 2.23. The SMILES string of the molecule is O=C=NS(=O)(=O)NCS(=O)(=O)C1CCCCC1. The summed E-state index contributed by atoms with van der Waals surface area (Å²) in [5.41, 5.74) is 0. The standard InChI is InChI=1S/C8H14N2O5S2/c11-6-9-17(14,15)10-7-16(12,13)8-4-2-1-3-5-8/h8,10H,1-5,7H2. The molecule has 0 spiro atoms. The van der Waals surface area contributed by atoms with Crippen LogP contribution in [0.15, 0.2) is 4.40 Å². The van der Waals surface area contributed by atoms with Crippen molar-refractivity contribution in [3.8, 4) is 0 Å². The van der Waals surface area contributed by atoms with Crippen LogP contribution in [0.3, 0.4) is 0 Å². The van der Waals surface area contributed by atoms with E-state index in [-0.39, 0.29) is 0 Å². The van der Waals surface area contributed by atoms with Crippen molar-refractivity contribution < 1.29 is 21.6 Å². The minimum Gasteiger partial charge on any atom is -0.227 e. The lowest BCUT2D eigenvalue weighted by atomic mass is 10.0. The van der Waals surface area contributed by atoms with Gasteiger partial charge in [0.25, 0.3) is 6.08 Å². The number of carbonyl (C=O) groups excluding carboxylic acids is 1. The normalized spacial score (nSPS) is 18.6. The fourth-order valence-electron chi connectivity index (χ4n) is 1.78. The molecule has 0 atom stereocenters. The molecule has 1 rings (SSSR count). The van der Waals surface area contributed by atoms with Crippen molar-refractivity contribution in [1.29, 1.82) is 0 Å². The number of hydrogen-bond acceptors (Lipinski definition) is 5. The number of hydrogen-bond donors (Lipinski definition) is 1. The Labute approximate surface area is 100 Å². The van der Waals surface area contributed by atoms with Gasteiger partial charge in [-0.15, -0.1) is 0 Å². The van der Waals surface area contributed by atoms with Gasteiger partial charge in [-0.2, -0.15) is 13.1 Å². The second kappa shape index (κ2) is 5.72. The summed E-state index contributed by atoms with van der Waals surface area (Å²) in [4.78, 5) is 9.79. The van der Waals surface area contributed by atoms with Gasteiger partial charge in [-0.1, -0.05) is 23.7 Å². The monoisotopic (exact) mass is 282 g/mol. The van der Waals surface area contributed by atoms with E-state index in [0.29, 0.717) is 12.8 Å². The number of sulfone groups is 1. The lowest BCUT2D eigenvalue weighted by Gasteiger charge is -2.21. The molecule has 7 nitrogen and oxygen atoms in total. The zero-order valence-electron chi connectivity index (χ0n) is 9.12.